The fraction of sp³-hybridized carbons (Fsp3) is 0.125. The van der Waals surface area contributed by atoms with E-state index in [1.54, 1.807) is 22.8 Å². The first-order chi connectivity index (χ1) is 15.6. The first kappa shape index (κ1) is 21.6. The van der Waals surface area contributed by atoms with Gasteiger partial charge in [-0.3, -0.25) is 9.36 Å². The van der Waals surface area contributed by atoms with Gasteiger partial charge in [0.15, 0.2) is 11.0 Å². The topological polar surface area (TPSA) is 83.0 Å². The summed E-state index contributed by atoms with van der Waals surface area (Å²) in [6.45, 7) is 2.47. The van der Waals surface area contributed by atoms with E-state index in [1.165, 1.54) is 6.07 Å². The summed E-state index contributed by atoms with van der Waals surface area (Å²) in [5, 5.41) is 8.25. The molecule has 8 heteroatoms. The molecule has 0 radical (unpaired) electrons. The van der Waals surface area contributed by atoms with E-state index in [2.05, 4.69) is 10.2 Å². The van der Waals surface area contributed by atoms with Crippen molar-refractivity contribution in [3.05, 3.63) is 90.2 Å². The van der Waals surface area contributed by atoms with Crippen LogP contribution in [0.5, 0.6) is 5.75 Å². The third-order valence-corrected chi connectivity index (χ3v) is 5.95. The number of carbonyl (C=O) groups is 1. The average molecular weight is 449 g/mol. The zero-order chi connectivity index (χ0) is 22.5. The van der Waals surface area contributed by atoms with Gasteiger partial charge in [0.25, 0.3) is 0 Å². The molecule has 0 bridgehead atoms. The third-order valence-electron chi connectivity index (χ3n) is 4.73. The van der Waals surface area contributed by atoms with Crippen molar-refractivity contribution in [2.45, 2.75) is 17.3 Å². The number of nitrogens with two attached hydrogens (primary N) is 1. The molecule has 0 aliphatic rings. The van der Waals surface area contributed by atoms with Gasteiger partial charge in [-0.05, 0) is 48.9 Å². The highest BCUT2D eigenvalue weighted by Gasteiger charge is 2.25. The van der Waals surface area contributed by atoms with Gasteiger partial charge in [0.2, 0.25) is 5.91 Å². The lowest BCUT2D eigenvalue weighted by atomic mass is 10.1. The maximum atomic E-state index is 14.8. The van der Waals surface area contributed by atoms with Crippen LogP contribution < -0.4 is 10.5 Å². The molecule has 162 valence electrons. The molecular formula is C24H21FN4O2S. The number of aromatic nitrogens is 3. The Balaban J connectivity index is 1.81. The number of rotatable bonds is 8. The van der Waals surface area contributed by atoms with Crippen molar-refractivity contribution in [2.24, 2.45) is 5.73 Å². The molecule has 0 saturated carbocycles. The lowest BCUT2D eigenvalue weighted by Gasteiger charge is -2.15. The van der Waals surface area contributed by atoms with Gasteiger partial charge in [-0.25, -0.2) is 4.39 Å². The number of carbonyl (C=O) groups excluding carboxylic acids is 1. The van der Waals surface area contributed by atoms with Crippen LogP contribution in [0.1, 0.15) is 17.7 Å². The minimum absolute atomic E-state index is 0.278. The normalized spacial score (nSPS) is 11.8. The average Bonchev–Trinajstić information content (AvgIpc) is 3.22. The minimum atomic E-state index is -0.709. The maximum absolute atomic E-state index is 14.8. The van der Waals surface area contributed by atoms with Crippen LogP contribution >= 0.6 is 11.8 Å². The van der Waals surface area contributed by atoms with Crippen molar-refractivity contribution >= 4 is 17.7 Å². The Morgan fingerprint density at radius 2 is 1.72 bits per heavy atom. The predicted octanol–water partition coefficient (Wildman–Crippen LogP) is 4.79. The molecule has 1 heterocycles. The first-order valence-electron chi connectivity index (χ1n) is 10.0. The highest BCUT2D eigenvalue weighted by atomic mass is 32.2. The van der Waals surface area contributed by atoms with Crippen LogP contribution in [-0.2, 0) is 4.79 Å². The summed E-state index contributed by atoms with van der Waals surface area (Å²) in [6.07, 6.45) is 0. The molecule has 0 spiro atoms. The molecule has 0 fully saturated rings. The highest BCUT2D eigenvalue weighted by molar-refractivity contribution is 8.00. The lowest BCUT2D eigenvalue weighted by Crippen LogP contribution is -2.19. The summed E-state index contributed by atoms with van der Waals surface area (Å²) in [4.78, 5) is 12.3. The van der Waals surface area contributed by atoms with E-state index in [0.717, 1.165) is 28.6 Å². The standard InChI is InChI=1S/C24H21FN4O2S/c1-2-31-18-14-12-17(13-15-18)23-27-28-24(29(23)20-11-7-6-10-19(20)25)32-21(22(26)30)16-8-4-3-5-9-16/h3-15,21H,2H2,1H3,(H2,26,30). The molecule has 0 aliphatic heterocycles. The predicted molar refractivity (Wildman–Crippen MR) is 122 cm³/mol. The molecule has 4 rings (SSSR count). The second kappa shape index (κ2) is 9.65. The van der Waals surface area contributed by atoms with Crippen molar-refractivity contribution in [2.75, 3.05) is 6.61 Å². The van der Waals surface area contributed by atoms with E-state index < -0.39 is 17.0 Å². The van der Waals surface area contributed by atoms with Gasteiger partial charge in [-0.1, -0.05) is 54.2 Å². The van der Waals surface area contributed by atoms with Crippen molar-refractivity contribution in [1.29, 1.82) is 0 Å². The lowest BCUT2D eigenvalue weighted by molar-refractivity contribution is -0.117. The molecule has 1 amide bonds. The largest absolute Gasteiger partial charge is 0.494 e. The van der Waals surface area contributed by atoms with Gasteiger partial charge in [-0.2, -0.15) is 0 Å². The molecular weight excluding hydrogens is 427 g/mol. The number of halogens is 1. The number of thioether (sulfide) groups is 1. The Morgan fingerprint density at radius 1 is 1.03 bits per heavy atom. The molecule has 2 N–H and O–H groups in total. The SMILES string of the molecule is CCOc1ccc(-c2nnc(SC(C(N)=O)c3ccccc3)n2-c2ccccc2F)cc1. The van der Waals surface area contributed by atoms with Crippen molar-refractivity contribution in [3.8, 4) is 22.8 Å². The van der Waals surface area contributed by atoms with Crippen LogP contribution in [0, 0.1) is 5.82 Å². The van der Waals surface area contributed by atoms with Gasteiger partial charge in [0, 0.05) is 5.56 Å². The fourth-order valence-electron chi connectivity index (χ4n) is 3.27. The summed E-state index contributed by atoms with van der Waals surface area (Å²) in [5.74, 6) is 0.209. The summed E-state index contributed by atoms with van der Waals surface area (Å²) >= 11 is 1.13. The molecule has 0 saturated heterocycles. The molecule has 1 atom stereocenters. The second-order valence-corrected chi connectivity index (χ2v) is 7.93. The summed E-state index contributed by atoms with van der Waals surface area (Å²) in [7, 11) is 0. The molecule has 0 aliphatic carbocycles. The Kier molecular flexibility index (Phi) is 6.51. The monoisotopic (exact) mass is 448 g/mol. The number of benzene rings is 3. The maximum Gasteiger partial charge on any atom is 0.235 e. The van der Waals surface area contributed by atoms with Gasteiger partial charge in [-0.15, -0.1) is 10.2 Å². The second-order valence-electron chi connectivity index (χ2n) is 6.86. The fourth-order valence-corrected chi connectivity index (χ4v) is 4.27. The molecule has 32 heavy (non-hydrogen) atoms. The van der Waals surface area contributed by atoms with Gasteiger partial charge in [0.05, 0.1) is 12.3 Å². The molecule has 1 aromatic heterocycles. The van der Waals surface area contributed by atoms with Crippen LogP contribution in [0.3, 0.4) is 0 Å². The minimum Gasteiger partial charge on any atom is -0.494 e. The summed E-state index contributed by atoms with van der Waals surface area (Å²) in [5.41, 5.74) is 7.43. The number of hydrogen-bond acceptors (Lipinski definition) is 5. The summed E-state index contributed by atoms with van der Waals surface area (Å²) in [6, 6.07) is 22.8. The van der Waals surface area contributed by atoms with Gasteiger partial charge in [0.1, 0.15) is 16.8 Å². The number of ether oxygens (including phenoxy) is 1. The Morgan fingerprint density at radius 3 is 2.38 bits per heavy atom. The highest BCUT2D eigenvalue weighted by Crippen LogP contribution is 2.37. The van der Waals surface area contributed by atoms with E-state index in [4.69, 9.17) is 10.5 Å². The Labute approximate surface area is 189 Å². The van der Waals surface area contributed by atoms with Crippen LogP contribution in [0.2, 0.25) is 0 Å². The van der Waals surface area contributed by atoms with E-state index in [0.29, 0.717) is 17.6 Å². The van der Waals surface area contributed by atoms with Crippen LogP contribution in [0.4, 0.5) is 4.39 Å². The van der Waals surface area contributed by atoms with Gasteiger partial charge < -0.3 is 10.5 Å². The molecule has 1 unspecified atom stereocenters. The Bertz CT molecular complexity index is 1210. The van der Waals surface area contributed by atoms with Crippen LogP contribution in [0.15, 0.2) is 84.0 Å². The van der Waals surface area contributed by atoms with Crippen molar-refractivity contribution in [1.82, 2.24) is 14.8 Å². The molecule has 6 nitrogen and oxygen atoms in total. The number of amides is 1. The zero-order valence-corrected chi connectivity index (χ0v) is 18.1. The number of primary amides is 1. The van der Waals surface area contributed by atoms with E-state index >= 15 is 0 Å². The number of hydrogen-bond donors (Lipinski definition) is 1. The van der Waals surface area contributed by atoms with E-state index in [9.17, 15) is 9.18 Å². The first-order valence-corrected chi connectivity index (χ1v) is 10.9. The van der Waals surface area contributed by atoms with Crippen LogP contribution in [-0.4, -0.2) is 27.3 Å². The smallest absolute Gasteiger partial charge is 0.235 e. The number of nitrogens with zero attached hydrogens (tertiary/aromatic N) is 3. The number of para-hydroxylation sites is 1. The van der Waals surface area contributed by atoms with Gasteiger partial charge >= 0.3 is 0 Å². The third kappa shape index (κ3) is 4.50. The molecule has 4 aromatic rings. The quantitative estimate of drug-likeness (QED) is 0.392. The Hall–Kier alpha value is -3.65. The van der Waals surface area contributed by atoms with E-state index in [1.807, 2.05) is 61.5 Å². The summed E-state index contributed by atoms with van der Waals surface area (Å²) < 4.78 is 21.9. The zero-order valence-electron chi connectivity index (χ0n) is 17.3. The molecule has 3 aromatic carbocycles. The van der Waals surface area contributed by atoms with E-state index in [-0.39, 0.29) is 5.69 Å². The van der Waals surface area contributed by atoms with Crippen molar-refractivity contribution < 1.29 is 13.9 Å². The van der Waals surface area contributed by atoms with Crippen molar-refractivity contribution in [3.63, 3.8) is 0 Å². The van der Waals surface area contributed by atoms with Crippen LogP contribution in [0.25, 0.3) is 17.1 Å².